The predicted octanol–water partition coefficient (Wildman–Crippen LogP) is 5.23. The number of aryl methyl sites for hydroxylation is 1. The van der Waals surface area contributed by atoms with Gasteiger partial charge in [-0.2, -0.15) is 4.98 Å². The van der Waals surface area contributed by atoms with Crippen LogP contribution in [0.4, 0.5) is 11.5 Å². The predicted molar refractivity (Wildman–Crippen MR) is 121 cm³/mol. The molecule has 5 rings (SSSR count). The van der Waals surface area contributed by atoms with Crippen LogP contribution in [0, 0.1) is 6.92 Å². The average Bonchev–Trinajstić information content (AvgIpc) is 3.20. The third kappa shape index (κ3) is 3.46. The third-order valence-corrected chi connectivity index (χ3v) is 5.95. The third-order valence-electron chi connectivity index (χ3n) is 5.46. The topological polar surface area (TPSA) is 58.3 Å². The Morgan fingerprint density at radius 1 is 0.867 bits per heavy atom. The highest BCUT2D eigenvalue weighted by atomic mass is 35.5. The molecule has 0 spiro atoms. The number of rotatable bonds is 3. The van der Waals surface area contributed by atoms with Gasteiger partial charge in [0.25, 0.3) is 5.71 Å². The van der Waals surface area contributed by atoms with E-state index in [4.69, 9.17) is 27.7 Å². The Balaban J connectivity index is 1.45. The molecule has 2 aromatic heterocycles. The van der Waals surface area contributed by atoms with E-state index in [0.29, 0.717) is 10.7 Å². The van der Waals surface area contributed by atoms with E-state index >= 15 is 0 Å². The maximum Gasteiger partial charge on any atom is 0.263 e. The van der Waals surface area contributed by atoms with Crippen LogP contribution in [0.3, 0.4) is 0 Å². The van der Waals surface area contributed by atoms with Gasteiger partial charge in [0.05, 0.1) is 0 Å². The first-order chi connectivity index (χ1) is 14.6. The van der Waals surface area contributed by atoms with Gasteiger partial charge in [0.1, 0.15) is 23.2 Å². The summed E-state index contributed by atoms with van der Waals surface area (Å²) in [5, 5.41) is 6.52. The Labute approximate surface area is 184 Å². The molecule has 1 aliphatic heterocycles. The number of anilines is 2. The molecule has 0 amide bonds. The SMILES string of the molecule is Cc1ccc(Cl)cc1N1CCN(c2ncnc3onc(-c4ccc(Cl)cc4)c23)CC1. The van der Waals surface area contributed by atoms with Gasteiger partial charge >= 0.3 is 0 Å². The summed E-state index contributed by atoms with van der Waals surface area (Å²) in [6.45, 7) is 5.50. The molecule has 0 aliphatic carbocycles. The summed E-state index contributed by atoms with van der Waals surface area (Å²) in [5.74, 6) is 0.841. The van der Waals surface area contributed by atoms with Crippen molar-refractivity contribution in [3.05, 3.63) is 64.4 Å². The van der Waals surface area contributed by atoms with Crippen molar-refractivity contribution < 1.29 is 4.52 Å². The molecular weight excluding hydrogens is 421 g/mol. The summed E-state index contributed by atoms with van der Waals surface area (Å²) in [6, 6.07) is 13.6. The van der Waals surface area contributed by atoms with E-state index in [1.165, 1.54) is 17.6 Å². The van der Waals surface area contributed by atoms with Crippen LogP contribution in [0.2, 0.25) is 10.0 Å². The molecular formula is C22H19Cl2N5O. The molecule has 8 heteroatoms. The van der Waals surface area contributed by atoms with Gasteiger partial charge in [0.2, 0.25) is 0 Å². The fourth-order valence-electron chi connectivity index (χ4n) is 3.90. The second-order valence-corrected chi connectivity index (χ2v) is 8.19. The van der Waals surface area contributed by atoms with Crippen LogP contribution in [0.5, 0.6) is 0 Å². The normalized spacial score (nSPS) is 14.5. The molecule has 0 N–H and O–H groups in total. The first-order valence-electron chi connectivity index (χ1n) is 9.72. The van der Waals surface area contributed by atoms with Crippen molar-refractivity contribution in [3.63, 3.8) is 0 Å². The van der Waals surface area contributed by atoms with Crippen molar-refractivity contribution >= 4 is 45.8 Å². The van der Waals surface area contributed by atoms with Crippen LogP contribution in [0.1, 0.15) is 5.56 Å². The van der Waals surface area contributed by atoms with Crippen molar-refractivity contribution in [1.29, 1.82) is 0 Å². The lowest BCUT2D eigenvalue weighted by Crippen LogP contribution is -2.47. The van der Waals surface area contributed by atoms with Gasteiger partial charge in [-0.3, -0.25) is 0 Å². The number of fused-ring (bicyclic) bond motifs is 1. The lowest BCUT2D eigenvalue weighted by Gasteiger charge is -2.37. The van der Waals surface area contributed by atoms with Gasteiger partial charge in [-0.1, -0.05) is 46.6 Å². The Morgan fingerprint density at radius 3 is 2.33 bits per heavy atom. The number of piperazine rings is 1. The largest absolute Gasteiger partial charge is 0.368 e. The monoisotopic (exact) mass is 439 g/mol. The zero-order valence-corrected chi connectivity index (χ0v) is 17.9. The summed E-state index contributed by atoms with van der Waals surface area (Å²) < 4.78 is 5.50. The standard InChI is InChI=1S/C22H19Cl2N5O/c1-14-2-5-17(24)12-18(14)28-8-10-29(11-9-28)21-19-20(15-3-6-16(23)7-4-15)27-30-22(19)26-13-25-21/h2-7,12-13H,8-11H2,1H3. The van der Waals surface area contributed by atoms with Crippen molar-refractivity contribution in [2.75, 3.05) is 36.0 Å². The lowest BCUT2D eigenvalue weighted by molar-refractivity contribution is 0.451. The van der Waals surface area contributed by atoms with Gasteiger partial charge in [-0.15, -0.1) is 0 Å². The maximum atomic E-state index is 6.22. The Kier molecular flexibility index (Phi) is 4.97. The molecule has 0 saturated carbocycles. The fourth-order valence-corrected chi connectivity index (χ4v) is 4.19. The van der Waals surface area contributed by atoms with Crippen molar-refractivity contribution in [3.8, 4) is 11.3 Å². The van der Waals surface area contributed by atoms with Crippen LogP contribution in [-0.2, 0) is 0 Å². The molecule has 2 aromatic carbocycles. The number of aromatic nitrogens is 3. The van der Waals surface area contributed by atoms with E-state index < -0.39 is 0 Å². The van der Waals surface area contributed by atoms with E-state index in [2.05, 4.69) is 37.9 Å². The van der Waals surface area contributed by atoms with Crippen LogP contribution >= 0.6 is 23.2 Å². The second kappa shape index (κ2) is 7.78. The van der Waals surface area contributed by atoms with Gasteiger partial charge in [-0.25, -0.2) is 4.98 Å². The summed E-state index contributed by atoms with van der Waals surface area (Å²) in [6.07, 6.45) is 1.53. The van der Waals surface area contributed by atoms with Crippen LogP contribution in [0.15, 0.2) is 53.3 Å². The minimum Gasteiger partial charge on any atom is -0.368 e. The number of benzene rings is 2. The number of hydrogen-bond acceptors (Lipinski definition) is 6. The van der Waals surface area contributed by atoms with Crippen molar-refractivity contribution in [2.24, 2.45) is 0 Å². The number of nitrogens with zero attached hydrogens (tertiary/aromatic N) is 5. The Morgan fingerprint density at radius 2 is 1.57 bits per heavy atom. The highest BCUT2D eigenvalue weighted by Gasteiger charge is 2.25. The second-order valence-electron chi connectivity index (χ2n) is 7.32. The van der Waals surface area contributed by atoms with E-state index in [1.54, 1.807) is 0 Å². The van der Waals surface area contributed by atoms with Gasteiger partial charge in [0.15, 0.2) is 0 Å². The molecule has 1 fully saturated rings. The molecule has 30 heavy (non-hydrogen) atoms. The van der Waals surface area contributed by atoms with Crippen molar-refractivity contribution in [2.45, 2.75) is 6.92 Å². The molecule has 4 aromatic rings. The van der Waals surface area contributed by atoms with E-state index in [0.717, 1.165) is 53.7 Å². The maximum absolute atomic E-state index is 6.22. The zero-order valence-electron chi connectivity index (χ0n) is 16.3. The first kappa shape index (κ1) is 19.2. The quantitative estimate of drug-likeness (QED) is 0.435. The Bertz CT molecular complexity index is 1200. The molecule has 152 valence electrons. The smallest absolute Gasteiger partial charge is 0.263 e. The van der Waals surface area contributed by atoms with Gasteiger partial charge in [-0.05, 0) is 36.8 Å². The molecule has 0 unspecified atom stereocenters. The summed E-state index contributed by atoms with van der Waals surface area (Å²) in [4.78, 5) is 13.5. The van der Waals surface area contributed by atoms with E-state index in [1.807, 2.05) is 36.4 Å². The molecule has 1 aliphatic rings. The fraction of sp³-hybridized carbons (Fsp3) is 0.227. The zero-order chi connectivity index (χ0) is 20.7. The number of halogens is 2. The summed E-state index contributed by atoms with van der Waals surface area (Å²) in [7, 11) is 0. The van der Waals surface area contributed by atoms with E-state index in [9.17, 15) is 0 Å². The van der Waals surface area contributed by atoms with Crippen LogP contribution < -0.4 is 9.80 Å². The molecule has 0 bridgehead atoms. The van der Waals surface area contributed by atoms with E-state index in [-0.39, 0.29) is 0 Å². The minimum atomic E-state index is 0.484. The van der Waals surface area contributed by atoms with Crippen LogP contribution in [-0.4, -0.2) is 41.3 Å². The molecule has 0 radical (unpaired) electrons. The highest BCUT2D eigenvalue weighted by molar-refractivity contribution is 6.31. The lowest BCUT2D eigenvalue weighted by atomic mass is 10.1. The molecule has 3 heterocycles. The van der Waals surface area contributed by atoms with Gasteiger partial charge in [0, 0.05) is 47.5 Å². The average molecular weight is 440 g/mol. The van der Waals surface area contributed by atoms with Crippen LogP contribution in [0.25, 0.3) is 22.4 Å². The Hall–Kier alpha value is -2.83. The summed E-state index contributed by atoms with van der Waals surface area (Å²) >= 11 is 12.3. The molecule has 6 nitrogen and oxygen atoms in total. The van der Waals surface area contributed by atoms with Crippen molar-refractivity contribution in [1.82, 2.24) is 15.1 Å². The molecule has 0 atom stereocenters. The number of hydrogen-bond donors (Lipinski definition) is 0. The van der Waals surface area contributed by atoms with Gasteiger partial charge < -0.3 is 14.3 Å². The minimum absolute atomic E-state index is 0.484. The first-order valence-corrected chi connectivity index (χ1v) is 10.5. The highest BCUT2D eigenvalue weighted by Crippen LogP contribution is 2.34. The summed E-state index contributed by atoms with van der Waals surface area (Å²) in [5.41, 5.74) is 4.54. The molecule has 1 saturated heterocycles.